The van der Waals surface area contributed by atoms with Crippen molar-refractivity contribution < 1.29 is 14.6 Å². The summed E-state index contributed by atoms with van der Waals surface area (Å²) in [4.78, 5) is 19.9. The van der Waals surface area contributed by atoms with Gasteiger partial charge in [-0.05, 0) is 38.0 Å². The van der Waals surface area contributed by atoms with Gasteiger partial charge in [-0.3, -0.25) is 9.78 Å². The van der Waals surface area contributed by atoms with E-state index in [1.165, 1.54) is 0 Å². The van der Waals surface area contributed by atoms with E-state index in [2.05, 4.69) is 15.3 Å². The number of aromatic nitrogens is 2. The van der Waals surface area contributed by atoms with Crippen molar-refractivity contribution in [3.05, 3.63) is 12.4 Å². The molecule has 2 N–H and O–H groups in total. The van der Waals surface area contributed by atoms with E-state index < -0.39 is 5.97 Å². The largest absolute Gasteiger partial charge is 0.481 e. The molecule has 1 aromatic heterocycles. The van der Waals surface area contributed by atoms with Crippen LogP contribution in [0.4, 0.5) is 5.82 Å². The minimum Gasteiger partial charge on any atom is -0.481 e. The van der Waals surface area contributed by atoms with Crippen LogP contribution in [0.3, 0.4) is 0 Å². The van der Waals surface area contributed by atoms with Crippen LogP contribution in [0.1, 0.15) is 26.2 Å². The van der Waals surface area contributed by atoms with Crippen molar-refractivity contribution in [3.63, 3.8) is 0 Å². The summed E-state index contributed by atoms with van der Waals surface area (Å²) >= 11 is 0. The number of anilines is 1. The van der Waals surface area contributed by atoms with E-state index in [1.807, 2.05) is 6.92 Å². The fraction of sp³-hybridized carbons (Fsp3) is 0.643. The third kappa shape index (κ3) is 2.30. The molecule has 0 amide bonds. The van der Waals surface area contributed by atoms with E-state index >= 15 is 0 Å². The molecule has 1 aromatic rings. The van der Waals surface area contributed by atoms with Gasteiger partial charge < -0.3 is 15.2 Å². The highest BCUT2D eigenvalue weighted by molar-refractivity contribution is 5.73. The van der Waals surface area contributed by atoms with Gasteiger partial charge in [-0.2, -0.15) is 4.98 Å². The van der Waals surface area contributed by atoms with Crippen LogP contribution in [0.15, 0.2) is 12.4 Å². The monoisotopic (exact) mass is 277 g/mol. The molecular formula is C14H19N3O3. The molecular weight excluding hydrogens is 258 g/mol. The van der Waals surface area contributed by atoms with Crippen LogP contribution in [-0.2, 0) is 4.79 Å². The molecule has 2 aliphatic carbocycles. The van der Waals surface area contributed by atoms with Crippen LogP contribution in [0.2, 0.25) is 0 Å². The van der Waals surface area contributed by atoms with Crippen LogP contribution in [0, 0.1) is 17.8 Å². The second-order valence-electron chi connectivity index (χ2n) is 5.54. The second-order valence-corrected chi connectivity index (χ2v) is 5.54. The quantitative estimate of drug-likeness (QED) is 0.853. The standard InChI is InChI=1S/C14H19N3O3/c1-2-20-11-7-15-6-10(16-11)17-13-9-4-3-8(5-9)12(13)14(18)19/h6-9,12-13H,2-5H2,1H3,(H,16,17)(H,18,19). The Labute approximate surface area is 117 Å². The zero-order chi connectivity index (χ0) is 14.1. The highest BCUT2D eigenvalue weighted by atomic mass is 16.5. The summed E-state index contributed by atoms with van der Waals surface area (Å²) in [7, 11) is 0. The Morgan fingerprint density at radius 3 is 3.00 bits per heavy atom. The summed E-state index contributed by atoms with van der Waals surface area (Å²) in [6, 6.07) is -0.0440. The first-order chi connectivity index (χ1) is 9.69. The fourth-order valence-corrected chi connectivity index (χ4v) is 3.66. The predicted molar refractivity (Wildman–Crippen MR) is 72.6 cm³/mol. The zero-order valence-corrected chi connectivity index (χ0v) is 11.5. The van der Waals surface area contributed by atoms with Crippen molar-refractivity contribution in [1.29, 1.82) is 0 Å². The average molecular weight is 277 g/mol. The third-order valence-electron chi connectivity index (χ3n) is 4.42. The summed E-state index contributed by atoms with van der Waals surface area (Å²) in [5.74, 6) is 0.777. The lowest BCUT2D eigenvalue weighted by Crippen LogP contribution is -2.39. The molecule has 2 aliphatic rings. The van der Waals surface area contributed by atoms with E-state index in [0.29, 0.717) is 30.1 Å². The number of aliphatic carboxylic acids is 1. The van der Waals surface area contributed by atoms with Crippen LogP contribution in [-0.4, -0.2) is 33.7 Å². The highest BCUT2D eigenvalue weighted by Gasteiger charge is 2.51. The predicted octanol–water partition coefficient (Wildman–Crippen LogP) is 1.79. The van der Waals surface area contributed by atoms with E-state index in [-0.39, 0.29) is 12.0 Å². The number of carboxylic acid groups (broad SMARTS) is 1. The number of carbonyl (C=O) groups is 1. The minimum absolute atomic E-state index is 0.0440. The Morgan fingerprint density at radius 2 is 2.25 bits per heavy atom. The summed E-state index contributed by atoms with van der Waals surface area (Å²) in [6.45, 7) is 2.42. The molecule has 108 valence electrons. The molecule has 0 spiro atoms. The van der Waals surface area contributed by atoms with Gasteiger partial charge in [0.2, 0.25) is 5.88 Å². The molecule has 0 aromatic carbocycles. The van der Waals surface area contributed by atoms with Crippen LogP contribution in [0.5, 0.6) is 5.88 Å². The Bertz CT molecular complexity index is 508. The number of carboxylic acids is 1. The summed E-state index contributed by atoms with van der Waals surface area (Å²) in [6.07, 6.45) is 6.32. The maximum atomic E-state index is 11.5. The number of fused-ring (bicyclic) bond motifs is 2. The number of hydrogen-bond acceptors (Lipinski definition) is 5. The van der Waals surface area contributed by atoms with Gasteiger partial charge in [-0.1, -0.05) is 0 Å². The van der Waals surface area contributed by atoms with Gasteiger partial charge >= 0.3 is 5.97 Å². The van der Waals surface area contributed by atoms with Gasteiger partial charge in [0.25, 0.3) is 0 Å². The second kappa shape index (κ2) is 5.26. The Balaban J connectivity index is 1.76. The van der Waals surface area contributed by atoms with Gasteiger partial charge in [0, 0.05) is 6.04 Å². The Morgan fingerprint density at radius 1 is 1.45 bits per heavy atom. The van der Waals surface area contributed by atoms with E-state index in [4.69, 9.17) is 4.74 Å². The highest BCUT2D eigenvalue weighted by Crippen LogP contribution is 2.49. The minimum atomic E-state index is -0.705. The molecule has 6 nitrogen and oxygen atoms in total. The summed E-state index contributed by atoms with van der Waals surface area (Å²) in [5, 5.41) is 12.7. The fourth-order valence-electron chi connectivity index (χ4n) is 3.66. The van der Waals surface area contributed by atoms with E-state index in [1.54, 1.807) is 12.4 Å². The van der Waals surface area contributed by atoms with Crippen molar-refractivity contribution in [3.8, 4) is 5.88 Å². The molecule has 3 rings (SSSR count). The maximum Gasteiger partial charge on any atom is 0.308 e. The molecule has 0 radical (unpaired) electrons. The number of nitrogens with one attached hydrogen (secondary N) is 1. The summed E-state index contributed by atoms with van der Waals surface area (Å²) in [5.41, 5.74) is 0. The number of ether oxygens (including phenoxy) is 1. The third-order valence-corrected chi connectivity index (χ3v) is 4.42. The molecule has 4 unspecified atom stereocenters. The molecule has 2 fully saturated rings. The first kappa shape index (κ1) is 13.1. The SMILES string of the molecule is CCOc1cncc(NC2C3CCC(C3)C2C(=O)O)n1. The summed E-state index contributed by atoms with van der Waals surface area (Å²) < 4.78 is 5.32. The van der Waals surface area contributed by atoms with Gasteiger partial charge in [0.15, 0.2) is 0 Å². The van der Waals surface area contributed by atoms with Crippen LogP contribution < -0.4 is 10.1 Å². The number of hydrogen-bond donors (Lipinski definition) is 2. The molecule has 2 saturated carbocycles. The molecule has 20 heavy (non-hydrogen) atoms. The molecule has 0 aliphatic heterocycles. The van der Waals surface area contributed by atoms with Crippen LogP contribution in [0.25, 0.3) is 0 Å². The first-order valence-corrected chi connectivity index (χ1v) is 7.13. The molecule has 4 atom stereocenters. The van der Waals surface area contributed by atoms with Crippen molar-refractivity contribution in [2.24, 2.45) is 17.8 Å². The van der Waals surface area contributed by atoms with Crippen molar-refractivity contribution >= 4 is 11.8 Å². The lowest BCUT2D eigenvalue weighted by molar-refractivity contribution is -0.143. The smallest absolute Gasteiger partial charge is 0.308 e. The van der Waals surface area contributed by atoms with Crippen LogP contribution >= 0.6 is 0 Å². The normalized spacial score (nSPS) is 31.2. The lowest BCUT2D eigenvalue weighted by atomic mass is 9.84. The average Bonchev–Trinajstić information content (AvgIpc) is 3.00. The number of rotatable bonds is 5. The number of nitrogens with zero attached hydrogens (tertiary/aromatic N) is 2. The Kier molecular flexibility index (Phi) is 3.46. The van der Waals surface area contributed by atoms with Crippen molar-refractivity contribution in [1.82, 2.24) is 9.97 Å². The molecule has 6 heteroatoms. The van der Waals surface area contributed by atoms with Gasteiger partial charge in [0.1, 0.15) is 5.82 Å². The first-order valence-electron chi connectivity index (χ1n) is 7.13. The van der Waals surface area contributed by atoms with Gasteiger partial charge in [-0.15, -0.1) is 0 Å². The maximum absolute atomic E-state index is 11.5. The van der Waals surface area contributed by atoms with Crippen molar-refractivity contribution in [2.45, 2.75) is 32.2 Å². The van der Waals surface area contributed by atoms with E-state index in [0.717, 1.165) is 19.3 Å². The molecule has 0 saturated heterocycles. The molecule has 1 heterocycles. The topological polar surface area (TPSA) is 84.3 Å². The van der Waals surface area contributed by atoms with Gasteiger partial charge in [0.05, 0.1) is 24.9 Å². The van der Waals surface area contributed by atoms with Gasteiger partial charge in [-0.25, -0.2) is 0 Å². The zero-order valence-electron chi connectivity index (χ0n) is 11.5. The lowest BCUT2D eigenvalue weighted by Gasteiger charge is -2.29. The molecule has 2 bridgehead atoms. The van der Waals surface area contributed by atoms with E-state index in [9.17, 15) is 9.90 Å². The van der Waals surface area contributed by atoms with Crippen molar-refractivity contribution in [2.75, 3.05) is 11.9 Å². The Hall–Kier alpha value is -1.85.